The van der Waals surface area contributed by atoms with E-state index in [2.05, 4.69) is 173 Å². The van der Waals surface area contributed by atoms with Gasteiger partial charge in [0.1, 0.15) is 5.69 Å². The van der Waals surface area contributed by atoms with Gasteiger partial charge in [-0.25, -0.2) is 0 Å². The Bertz CT molecular complexity index is 2010. The van der Waals surface area contributed by atoms with E-state index in [0.717, 1.165) is 39.6 Å². The summed E-state index contributed by atoms with van der Waals surface area (Å²) >= 11 is 0. The second-order valence-corrected chi connectivity index (χ2v) is 11.4. The zero-order chi connectivity index (χ0) is 32.0. The Labute approximate surface area is 275 Å². The third-order valence-electron chi connectivity index (χ3n) is 8.48. The molecule has 0 heterocycles. The molecule has 0 unspecified atom stereocenters. The largest absolute Gasteiger partial charge is 0.345 e. The van der Waals surface area contributed by atoms with Gasteiger partial charge in [-0.1, -0.05) is 109 Å². The molecule has 0 spiro atoms. The number of hydrogen-bond acceptors (Lipinski definition) is 4. The molecule has 0 amide bonds. The van der Waals surface area contributed by atoms with Crippen molar-refractivity contribution < 1.29 is 0 Å². The summed E-state index contributed by atoms with van der Waals surface area (Å²) in [6, 6.07) is 63.0. The fourth-order valence-electron chi connectivity index (χ4n) is 5.92. The molecular formula is C43H33N3O. The highest BCUT2D eigenvalue weighted by Crippen LogP contribution is 2.39. The van der Waals surface area contributed by atoms with Gasteiger partial charge in [0, 0.05) is 35.5 Å². The molecule has 4 heteroatoms. The van der Waals surface area contributed by atoms with Crippen LogP contribution < -0.4 is 9.80 Å². The lowest BCUT2D eigenvalue weighted by molar-refractivity contribution is 1.21. The van der Waals surface area contributed by atoms with Gasteiger partial charge in [0.05, 0.1) is 0 Å². The molecule has 0 bridgehead atoms. The minimum atomic E-state index is 0.423. The predicted octanol–water partition coefficient (Wildman–Crippen LogP) is 12.3. The fourth-order valence-corrected chi connectivity index (χ4v) is 5.92. The highest BCUT2D eigenvalue weighted by Gasteiger charge is 2.15. The molecule has 0 aliphatic heterocycles. The molecule has 0 saturated carbocycles. The third-order valence-corrected chi connectivity index (χ3v) is 8.48. The van der Waals surface area contributed by atoms with Gasteiger partial charge in [-0.15, -0.1) is 4.91 Å². The van der Waals surface area contributed by atoms with E-state index in [1.54, 1.807) is 12.1 Å². The second kappa shape index (κ2) is 13.4. The minimum absolute atomic E-state index is 0.423. The average molecular weight is 608 g/mol. The van der Waals surface area contributed by atoms with Crippen LogP contribution in [0.1, 0.15) is 0 Å². The first-order valence-corrected chi connectivity index (χ1v) is 15.6. The van der Waals surface area contributed by atoms with Crippen molar-refractivity contribution in [2.24, 2.45) is 5.18 Å². The van der Waals surface area contributed by atoms with Gasteiger partial charge < -0.3 is 9.80 Å². The van der Waals surface area contributed by atoms with Crippen LogP contribution in [-0.4, -0.2) is 7.05 Å². The third kappa shape index (κ3) is 6.44. The maximum Gasteiger partial charge on any atom is 0.108 e. The van der Waals surface area contributed by atoms with E-state index < -0.39 is 0 Å². The Kier molecular flexibility index (Phi) is 8.39. The molecule has 4 nitrogen and oxygen atoms in total. The van der Waals surface area contributed by atoms with Crippen LogP contribution >= 0.6 is 0 Å². The monoisotopic (exact) mass is 607 g/mol. The van der Waals surface area contributed by atoms with Crippen molar-refractivity contribution in [3.8, 4) is 33.4 Å². The summed E-state index contributed by atoms with van der Waals surface area (Å²) in [6.45, 7) is 0. The summed E-state index contributed by atoms with van der Waals surface area (Å²) in [6.07, 6.45) is 0. The molecule has 0 aliphatic carbocycles. The molecule has 0 saturated heterocycles. The molecule has 7 aromatic carbocycles. The molecule has 47 heavy (non-hydrogen) atoms. The molecule has 0 fully saturated rings. The van der Waals surface area contributed by atoms with Gasteiger partial charge in [-0.3, -0.25) is 0 Å². The van der Waals surface area contributed by atoms with Crippen molar-refractivity contribution in [1.29, 1.82) is 0 Å². The highest BCUT2D eigenvalue weighted by molar-refractivity contribution is 5.83. The van der Waals surface area contributed by atoms with E-state index in [4.69, 9.17) is 0 Å². The molecule has 0 aliphatic rings. The van der Waals surface area contributed by atoms with Crippen LogP contribution in [-0.2, 0) is 0 Å². The Morgan fingerprint density at radius 1 is 0.362 bits per heavy atom. The first-order valence-electron chi connectivity index (χ1n) is 15.6. The highest BCUT2D eigenvalue weighted by atomic mass is 16.3. The SMILES string of the molecule is CN(c1ccc(N=O)cc1)c1ccc(-c2ccc(N(c3cccc(-c4ccccc4)c3)c3cccc(-c4ccccc4)c3)cc2)cc1. The second-order valence-electron chi connectivity index (χ2n) is 11.4. The van der Waals surface area contributed by atoms with E-state index in [-0.39, 0.29) is 0 Å². The van der Waals surface area contributed by atoms with Crippen LogP contribution in [0.4, 0.5) is 34.1 Å². The molecule has 0 atom stereocenters. The van der Waals surface area contributed by atoms with Gasteiger partial charge in [0.2, 0.25) is 0 Å². The molecule has 7 aromatic rings. The lowest BCUT2D eigenvalue weighted by Crippen LogP contribution is -2.10. The quantitative estimate of drug-likeness (QED) is 0.153. The smallest absolute Gasteiger partial charge is 0.108 e. The summed E-state index contributed by atoms with van der Waals surface area (Å²) in [5, 5.41) is 3.00. The van der Waals surface area contributed by atoms with E-state index in [1.807, 2.05) is 19.2 Å². The van der Waals surface area contributed by atoms with Crippen molar-refractivity contribution in [2.75, 3.05) is 16.8 Å². The number of anilines is 5. The molecule has 0 radical (unpaired) electrons. The molecule has 0 N–H and O–H groups in total. The van der Waals surface area contributed by atoms with E-state index in [1.165, 1.54) is 22.3 Å². The van der Waals surface area contributed by atoms with Crippen molar-refractivity contribution in [1.82, 2.24) is 0 Å². The van der Waals surface area contributed by atoms with E-state index in [9.17, 15) is 4.91 Å². The molecule has 7 rings (SSSR count). The van der Waals surface area contributed by atoms with Crippen LogP contribution in [0.15, 0.2) is 187 Å². The Balaban J connectivity index is 1.22. The van der Waals surface area contributed by atoms with Crippen LogP contribution in [0.2, 0.25) is 0 Å². The van der Waals surface area contributed by atoms with Crippen LogP contribution in [0.3, 0.4) is 0 Å². The Hall–Kier alpha value is -6.26. The molecule has 226 valence electrons. The van der Waals surface area contributed by atoms with Crippen molar-refractivity contribution in [3.63, 3.8) is 0 Å². The number of nitrogens with zero attached hydrogens (tertiary/aromatic N) is 3. The number of hydrogen-bond donors (Lipinski definition) is 0. The normalized spacial score (nSPS) is 10.7. The topological polar surface area (TPSA) is 35.9 Å². The number of rotatable bonds is 9. The fraction of sp³-hybridized carbons (Fsp3) is 0.0233. The lowest BCUT2D eigenvalue weighted by Gasteiger charge is -2.27. The maximum atomic E-state index is 10.8. The Morgan fingerprint density at radius 3 is 1.19 bits per heavy atom. The van der Waals surface area contributed by atoms with Gasteiger partial charge >= 0.3 is 0 Å². The summed E-state index contributed by atoms with van der Waals surface area (Å²) in [5.74, 6) is 0. The van der Waals surface area contributed by atoms with Crippen LogP contribution in [0.25, 0.3) is 33.4 Å². The number of benzene rings is 7. The summed E-state index contributed by atoms with van der Waals surface area (Å²) in [7, 11) is 2.02. The first-order chi connectivity index (χ1) is 23.2. The van der Waals surface area contributed by atoms with Gasteiger partial charge in [-0.2, -0.15) is 0 Å². The van der Waals surface area contributed by atoms with Gasteiger partial charge in [0.15, 0.2) is 0 Å². The standard InChI is InChI=1S/C43H33N3O/c1-45(40-28-22-38(44-47)23-29-40)39-24-18-34(19-25-39)35-20-26-41(27-21-35)46(42-16-8-14-36(30-42)32-10-4-2-5-11-32)43-17-9-15-37(31-43)33-12-6-3-7-13-33/h2-31H,1H3. The van der Waals surface area contributed by atoms with Crippen molar-refractivity contribution >= 4 is 34.1 Å². The van der Waals surface area contributed by atoms with Crippen LogP contribution in [0, 0.1) is 4.91 Å². The zero-order valence-electron chi connectivity index (χ0n) is 26.1. The van der Waals surface area contributed by atoms with Gasteiger partial charge in [-0.05, 0) is 111 Å². The maximum absolute atomic E-state index is 10.8. The Morgan fingerprint density at radius 2 is 0.745 bits per heavy atom. The van der Waals surface area contributed by atoms with Gasteiger partial charge in [0.25, 0.3) is 0 Å². The van der Waals surface area contributed by atoms with Crippen LogP contribution in [0.5, 0.6) is 0 Å². The predicted molar refractivity (Wildman–Crippen MR) is 197 cm³/mol. The zero-order valence-corrected chi connectivity index (χ0v) is 26.1. The van der Waals surface area contributed by atoms with E-state index >= 15 is 0 Å². The average Bonchev–Trinajstić information content (AvgIpc) is 3.16. The van der Waals surface area contributed by atoms with E-state index in [0.29, 0.717) is 5.69 Å². The lowest BCUT2D eigenvalue weighted by atomic mass is 10.0. The van der Waals surface area contributed by atoms with Crippen molar-refractivity contribution in [2.45, 2.75) is 0 Å². The number of nitroso groups, excluding NO2 is 1. The first kappa shape index (κ1) is 29.5. The summed E-state index contributed by atoms with van der Waals surface area (Å²) in [5.41, 5.74) is 12.7. The van der Waals surface area contributed by atoms with Crippen molar-refractivity contribution in [3.05, 3.63) is 187 Å². The molecular weight excluding hydrogens is 574 g/mol. The summed E-state index contributed by atoms with van der Waals surface area (Å²) in [4.78, 5) is 15.2. The summed E-state index contributed by atoms with van der Waals surface area (Å²) < 4.78 is 0. The minimum Gasteiger partial charge on any atom is -0.345 e. The molecule has 0 aromatic heterocycles.